The number of carbonyl (C=O) groups excluding carboxylic acids is 1. The molecule has 0 radical (unpaired) electrons. The minimum atomic E-state index is 0.0374. The van der Waals surface area contributed by atoms with Gasteiger partial charge in [-0.15, -0.1) is 0 Å². The number of esters is 1. The number of ether oxygens (including phenoxy) is 2. The van der Waals surface area contributed by atoms with Crippen LogP contribution in [0.3, 0.4) is 0 Å². The molecule has 1 spiro atoms. The Kier molecular flexibility index (Phi) is 4.89. The van der Waals surface area contributed by atoms with Crippen molar-refractivity contribution in [3.8, 4) is 0 Å². The minimum absolute atomic E-state index is 0.0374. The second-order valence-corrected chi connectivity index (χ2v) is 11.7. The first-order chi connectivity index (χ1) is 15.4. The second kappa shape index (κ2) is 7.46. The fourth-order valence-corrected chi connectivity index (χ4v) is 7.55. The van der Waals surface area contributed by atoms with Gasteiger partial charge in [0.15, 0.2) is 0 Å². The second-order valence-electron chi connectivity index (χ2n) is 11.7. The van der Waals surface area contributed by atoms with E-state index in [1.165, 1.54) is 36.1 Å². The molecule has 2 saturated carbocycles. The zero-order valence-electron chi connectivity index (χ0n) is 19.9. The molecule has 0 N–H and O–H groups in total. The first-order valence-corrected chi connectivity index (χ1v) is 12.8. The van der Waals surface area contributed by atoms with Crippen molar-refractivity contribution in [1.29, 1.82) is 0 Å². The fourth-order valence-electron chi connectivity index (χ4n) is 7.55. The van der Waals surface area contributed by atoms with Gasteiger partial charge in [-0.1, -0.05) is 13.0 Å². The van der Waals surface area contributed by atoms with Gasteiger partial charge in [-0.3, -0.25) is 9.69 Å². The molecule has 0 bridgehead atoms. The van der Waals surface area contributed by atoms with E-state index in [0.29, 0.717) is 11.8 Å². The van der Waals surface area contributed by atoms with Crippen LogP contribution in [0.25, 0.3) is 0 Å². The van der Waals surface area contributed by atoms with Crippen LogP contribution in [0.15, 0.2) is 18.2 Å². The van der Waals surface area contributed by atoms with E-state index in [2.05, 4.69) is 48.8 Å². The third-order valence-electron chi connectivity index (χ3n) is 9.76. The number of hydrogen-bond acceptors (Lipinski definition) is 5. The molecule has 174 valence electrons. The first-order valence-electron chi connectivity index (χ1n) is 12.8. The van der Waals surface area contributed by atoms with Crippen molar-refractivity contribution in [1.82, 2.24) is 4.90 Å². The van der Waals surface area contributed by atoms with E-state index in [9.17, 15) is 4.79 Å². The molecule has 3 aliphatic heterocycles. The molecule has 6 atom stereocenters. The molecule has 5 fully saturated rings. The molecule has 3 saturated heterocycles. The van der Waals surface area contributed by atoms with Gasteiger partial charge in [-0.25, -0.2) is 0 Å². The van der Waals surface area contributed by atoms with Gasteiger partial charge in [0.05, 0.1) is 18.1 Å². The Morgan fingerprint density at radius 3 is 2.59 bits per heavy atom. The van der Waals surface area contributed by atoms with Crippen LogP contribution in [0.2, 0.25) is 0 Å². The summed E-state index contributed by atoms with van der Waals surface area (Å²) in [5, 5.41) is 0. The standard InChI is InChI=1S/C27H38N2O3/c1-18-5-6-20(13-19(18)2)29-11-9-28(10-12-29)16-22-21-14-24-26(3,15-23(21)32-25(22)30)7-4-8-27(24)17-31-27/h5-6,13,21-24H,4,7-12,14-17H2,1-3H3/t21-,22-,23-,24+,26-,27-/m1/s1. The number of carbonyl (C=O) groups is 1. The predicted molar refractivity (Wildman–Crippen MR) is 125 cm³/mol. The molecule has 5 aliphatic rings. The smallest absolute Gasteiger partial charge is 0.310 e. The fraction of sp³-hybridized carbons (Fsp3) is 0.741. The monoisotopic (exact) mass is 438 g/mol. The Morgan fingerprint density at radius 2 is 1.88 bits per heavy atom. The molecule has 32 heavy (non-hydrogen) atoms. The van der Waals surface area contributed by atoms with Crippen molar-refractivity contribution >= 4 is 11.7 Å². The molecule has 5 heteroatoms. The van der Waals surface area contributed by atoms with Crippen LogP contribution in [0.4, 0.5) is 5.69 Å². The van der Waals surface area contributed by atoms with Crippen molar-refractivity contribution < 1.29 is 14.3 Å². The van der Waals surface area contributed by atoms with Gasteiger partial charge in [0.2, 0.25) is 0 Å². The Hall–Kier alpha value is -1.59. The van der Waals surface area contributed by atoms with E-state index in [1.807, 2.05) is 0 Å². The van der Waals surface area contributed by atoms with Crippen LogP contribution in [0.5, 0.6) is 0 Å². The maximum atomic E-state index is 13.0. The summed E-state index contributed by atoms with van der Waals surface area (Å²) in [4.78, 5) is 18.0. The third kappa shape index (κ3) is 3.38. The van der Waals surface area contributed by atoms with Crippen LogP contribution < -0.4 is 4.90 Å². The van der Waals surface area contributed by atoms with Crippen molar-refractivity contribution in [3.05, 3.63) is 29.3 Å². The highest BCUT2D eigenvalue weighted by atomic mass is 16.6. The largest absolute Gasteiger partial charge is 0.462 e. The van der Waals surface area contributed by atoms with Crippen LogP contribution in [0.1, 0.15) is 50.2 Å². The van der Waals surface area contributed by atoms with Gasteiger partial charge in [-0.05, 0) is 80.5 Å². The summed E-state index contributed by atoms with van der Waals surface area (Å²) in [6.45, 7) is 12.7. The summed E-state index contributed by atoms with van der Waals surface area (Å²) in [7, 11) is 0. The first kappa shape index (κ1) is 21.0. The van der Waals surface area contributed by atoms with E-state index < -0.39 is 0 Å². The van der Waals surface area contributed by atoms with Crippen molar-refractivity contribution in [2.24, 2.45) is 23.2 Å². The van der Waals surface area contributed by atoms with Gasteiger partial charge in [-0.2, -0.15) is 0 Å². The summed E-state index contributed by atoms with van der Waals surface area (Å²) in [6, 6.07) is 6.78. The summed E-state index contributed by atoms with van der Waals surface area (Å²) in [6.07, 6.45) is 6.00. The number of hydrogen-bond donors (Lipinski definition) is 0. The highest BCUT2D eigenvalue weighted by Crippen LogP contribution is 2.62. The highest BCUT2D eigenvalue weighted by Gasteiger charge is 2.65. The van der Waals surface area contributed by atoms with E-state index in [1.54, 1.807) is 0 Å². The number of nitrogens with zero attached hydrogens (tertiary/aromatic N) is 2. The van der Waals surface area contributed by atoms with E-state index in [0.717, 1.165) is 52.2 Å². The molecular formula is C27H38N2O3. The van der Waals surface area contributed by atoms with Gasteiger partial charge in [0.25, 0.3) is 0 Å². The zero-order chi connectivity index (χ0) is 22.1. The van der Waals surface area contributed by atoms with Crippen molar-refractivity contribution in [3.63, 3.8) is 0 Å². The SMILES string of the molecule is Cc1ccc(N2CCN(C[C@H]3C(=O)O[C@@H]4C[C@@]5(C)CCC[C@@]6(CO6)[C@H]5C[C@@H]43)CC2)cc1C. The molecule has 3 heterocycles. The van der Waals surface area contributed by atoms with E-state index in [4.69, 9.17) is 9.47 Å². The lowest BCUT2D eigenvalue weighted by Crippen LogP contribution is -2.52. The molecule has 5 nitrogen and oxygen atoms in total. The van der Waals surface area contributed by atoms with E-state index in [-0.39, 0.29) is 29.0 Å². The molecule has 2 aliphatic carbocycles. The molecule has 1 aromatic rings. The van der Waals surface area contributed by atoms with E-state index >= 15 is 0 Å². The quantitative estimate of drug-likeness (QED) is 0.528. The average molecular weight is 439 g/mol. The van der Waals surface area contributed by atoms with Crippen molar-refractivity contribution in [2.45, 2.75) is 64.6 Å². The highest BCUT2D eigenvalue weighted by molar-refractivity contribution is 5.75. The van der Waals surface area contributed by atoms with Gasteiger partial charge in [0.1, 0.15) is 6.10 Å². The number of benzene rings is 1. The average Bonchev–Trinajstić information content (AvgIpc) is 3.47. The summed E-state index contributed by atoms with van der Waals surface area (Å²) >= 11 is 0. The zero-order valence-corrected chi connectivity index (χ0v) is 19.9. The number of fused-ring (bicyclic) bond motifs is 3. The number of rotatable bonds is 3. The molecule has 1 aromatic carbocycles. The lowest BCUT2D eigenvalue weighted by atomic mass is 9.53. The van der Waals surface area contributed by atoms with Gasteiger partial charge < -0.3 is 14.4 Å². The van der Waals surface area contributed by atoms with Gasteiger partial charge in [0, 0.05) is 44.3 Å². The Labute approximate surface area is 192 Å². The number of aryl methyl sites for hydroxylation is 2. The third-order valence-corrected chi connectivity index (χ3v) is 9.76. The van der Waals surface area contributed by atoms with Gasteiger partial charge >= 0.3 is 5.97 Å². The summed E-state index contributed by atoms with van der Waals surface area (Å²) < 4.78 is 12.1. The minimum Gasteiger partial charge on any atom is -0.462 e. The molecule has 0 unspecified atom stereocenters. The Morgan fingerprint density at radius 1 is 1.09 bits per heavy atom. The maximum Gasteiger partial charge on any atom is 0.310 e. The number of piperazine rings is 1. The Bertz CT molecular complexity index is 904. The molecular weight excluding hydrogens is 400 g/mol. The maximum absolute atomic E-state index is 13.0. The molecule has 6 rings (SSSR count). The predicted octanol–water partition coefficient (Wildman–Crippen LogP) is 3.95. The molecule has 0 aromatic heterocycles. The normalized spacial score (nSPS) is 41.3. The van der Waals surface area contributed by atoms with Crippen LogP contribution in [-0.4, -0.2) is 61.9 Å². The lowest BCUT2D eigenvalue weighted by Gasteiger charge is -2.51. The van der Waals surface area contributed by atoms with Crippen LogP contribution in [-0.2, 0) is 14.3 Å². The summed E-state index contributed by atoms with van der Waals surface area (Å²) in [5.74, 6) is 1.07. The Balaban J connectivity index is 1.11. The topological polar surface area (TPSA) is 45.3 Å². The van der Waals surface area contributed by atoms with Crippen molar-refractivity contribution in [2.75, 3.05) is 44.2 Å². The van der Waals surface area contributed by atoms with Crippen LogP contribution in [0, 0.1) is 37.0 Å². The molecule has 0 amide bonds. The van der Waals surface area contributed by atoms with Crippen LogP contribution >= 0.6 is 0 Å². The lowest BCUT2D eigenvalue weighted by molar-refractivity contribution is -0.147. The number of epoxide rings is 1. The number of anilines is 1. The summed E-state index contributed by atoms with van der Waals surface area (Å²) in [5.41, 5.74) is 4.44.